The van der Waals surface area contributed by atoms with Gasteiger partial charge in [0, 0.05) is 39.3 Å². The summed E-state index contributed by atoms with van der Waals surface area (Å²) in [7, 11) is 1.63. The van der Waals surface area contributed by atoms with Crippen LogP contribution in [0.3, 0.4) is 0 Å². The van der Waals surface area contributed by atoms with E-state index >= 15 is 0 Å². The number of hydrogen-bond donors (Lipinski definition) is 0. The van der Waals surface area contributed by atoms with Crippen molar-refractivity contribution in [3.05, 3.63) is 69.1 Å². The van der Waals surface area contributed by atoms with Crippen LogP contribution in [0.15, 0.2) is 41.2 Å². The van der Waals surface area contributed by atoms with Crippen molar-refractivity contribution in [2.45, 2.75) is 26.4 Å². The van der Waals surface area contributed by atoms with Gasteiger partial charge in [0.1, 0.15) is 28.9 Å². The third kappa shape index (κ3) is 3.76. The summed E-state index contributed by atoms with van der Waals surface area (Å²) in [5.74, 6) is 0. The lowest BCUT2D eigenvalue weighted by molar-refractivity contribution is 0.181. The van der Waals surface area contributed by atoms with E-state index in [1.165, 1.54) is 15.7 Å². The van der Waals surface area contributed by atoms with Crippen molar-refractivity contribution in [1.29, 1.82) is 10.5 Å². The molecular formula is C24H24N6O. The Hall–Kier alpha value is -3.68. The van der Waals surface area contributed by atoms with E-state index in [-0.39, 0.29) is 22.9 Å². The highest BCUT2D eigenvalue weighted by molar-refractivity contribution is 5.92. The molecule has 31 heavy (non-hydrogen) atoms. The van der Waals surface area contributed by atoms with Gasteiger partial charge in [0.2, 0.25) is 0 Å². The first-order chi connectivity index (χ1) is 14.9. The van der Waals surface area contributed by atoms with Gasteiger partial charge in [0.05, 0.1) is 11.2 Å². The van der Waals surface area contributed by atoms with Crippen molar-refractivity contribution in [2.75, 3.05) is 24.5 Å². The summed E-state index contributed by atoms with van der Waals surface area (Å²) in [6, 6.07) is 16.2. The highest BCUT2D eigenvalue weighted by atomic mass is 16.1. The van der Waals surface area contributed by atoms with E-state index in [0.717, 1.165) is 13.1 Å². The van der Waals surface area contributed by atoms with Gasteiger partial charge in [0.15, 0.2) is 0 Å². The Labute approximate surface area is 181 Å². The fraction of sp³-hybridized carbons (Fsp3) is 0.333. The van der Waals surface area contributed by atoms with E-state index < -0.39 is 0 Å². The molecule has 4 rings (SSSR count). The second kappa shape index (κ2) is 8.22. The minimum atomic E-state index is -0.341. The number of anilines is 1. The summed E-state index contributed by atoms with van der Waals surface area (Å²) in [5.41, 5.74) is 4.21. The molecule has 0 aliphatic carbocycles. The smallest absolute Gasteiger partial charge is 0.270 e. The van der Waals surface area contributed by atoms with Crippen LogP contribution in [0.2, 0.25) is 0 Å². The van der Waals surface area contributed by atoms with Crippen LogP contribution in [-0.4, -0.2) is 40.1 Å². The van der Waals surface area contributed by atoms with Gasteiger partial charge in [-0.2, -0.15) is 10.5 Å². The molecule has 0 amide bonds. The lowest BCUT2D eigenvalue weighted by atomic mass is 10.1. The summed E-state index contributed by atoms with van der Waals surface area (Å²) in [4.78, 5) is 21.8. The first-order valence-electron chi connectivity index (χ1n) is 10.3. The highest BCUT2D eigenvalue weighted by Gasteiger charge is 2.29. The van der Waals surface area contributed by atoms with Crippen LogP contribution in [0.25, 0.3) is 11.0 Å². The molecule has 1 aliphatic rings. The van der Waals surface area contributed by atoms with Gasteiger partial charge in [-0.1, -0.05) is 29.8 Å². The summed E-state index contributed by atoms with van der Waals surface area (Å²) < 4.78 is 1.43. The zero-order valence-corrected chi connectivity index (χ0v) is 18.0. The molecular weight excluding hydrogens is 388 g/mol. The molecule has 0 radical (unpaired) electrons. The quantitative estimate of drug-likeness (QED) is 0.657. The van der Waals surface area contributed by atoms with E-state index in [4.69, 9.17) is 0 Å². The number of hydrogen-bond acceptors (Lipinski definition) is 6. The number of pyridine rings is 2. The van der Waals surface area contributed by atoms with Gasteiger partial charge in [0.25, 0.3) is 5.56 Å². The molecule has 1 saturated heterocycles. The Morgan fingerprint density at radius 2 is 1.97 bits per heavy atom. The van der Waals surface area contributed by atoms with Crippen LogP contribution in [0.5, 0.6) is 0 Å². The zero-order valence-electron chi connectivity index (χ0n) is 18.0. The molecule has 1 fully saturated rings. The number of aryl methyl sites for hydroxylation is 2. The normalized spacial score (nSPS) is 16.8. The molecule has 3 heterocycles. The lowest BCUT2D eigenvalue weighted by Gasteiger charge is -2.41. The topological polar surface area (TPSA) is 89.0 Å². The number of piperazine rings is 1. The lowest BCUT2D eigenvalue weighted by Crippen LogP contribution is -2.52. The Balaban J connectivity index is 1.71. The van der Waals surface area contributed by atoms with Gasteiger partial charge in [-0.15, -0.1) is 0 Å². The summed E-state index contributed by atoms with van der Waals surface area (Å²) in [5, 5.41) is 19.1. The van der Waals surface area contributed by atoms with Crippen molar-refractivity contribution in [1.82, 2.24) is 14.5 Å². The summed E-state index contributed by atoms with van der Waals surface area (Å²) in [6.45, 7) is 7.25. The van der Waals surface area contributed by atoms with Crippen molar-refractivity contribution >= 4 is 16.7 Å². The van der Waals surface area contributed by atoms with E-state index in [9.17, 15) is 15.3 Å². The first-order valence-corrected chi connectivity index (χ1v) is 10.3. The Bertz CT molecular complexity index is 1300. The predicted octanol–water partition coefficient (Wildman–Crippen LogP) is 2.70. The molecule has 1 atom stereocenters. The van der Waals surface area contributed by atoms with E-state index in [1.54, 1.807) is 19.2 Å². The fourth-order valence-electron chi connectivity index (χ4n) is 4.34. The van der Waals surface area contributed by atoms with Gasteiger partial charge >= 0.3 is 0 Å². The SMILES string of the molecule is Cc1cccc(CN2CCN(c3c(C#N)c(=O)n(C)c4ccc(C#N)nc34)C[C@H]2C)c1. The number of fused-ring (bicyclic) bond motifs is 1. The predicted molar refractivity (Wildman–Crippen MR) is 120 cm³/mol. The molecule has 7 nitrogen and oxygen atoms in total. The standard InChI is InChI=1S/C24H24N6O/c1-16-5-4-6-18(11-16)15-29-9-10-30(14-17(29)2)23-20(13-26)24(31)28(3)21-8-7-19(12-25)27-22(21)23/h4-8,11,17H,9-10,14-15H2,1-3H3/t17-/m1/s1. The molecule has 7 heteroatoms. The van der Waals surface area contributed by atoms with Gasteiger partial charge in [-0.3, -0.25) is 9.69 Å². The molecule has 0 spiro atoms. The van der Waals surface area contributed by atoms with Gasteiger partial charge in [-0.05, 0) is 31.5 Å². The second-order valence-corrected chi connectivity index (χ2v) is 8.13. The van der Waals surface area contributed by atoms with Crippen LogP contribution in [-0.2, 0) is 13.6 Å². The molecule has 3 aromatic rings. The average Bonchev–Trinajstić information content (AvgIpc) is 2.77. The monoisotopic (exact) mass is 412 g/mol. The number of benzene rings is 1. The van der Waals surface area contributed by atoms with Crippen LogP contribution in [0.1, 0.15) is 29.3 Å². The maximum atomic E-state index is 12.9. The molecule has 156 valence electrons. The number of nitriles is 2. The minimum absolute atomic E-state index is 0.0805. The number of nitrogens with zero attached hydrogens (tertiary/aromatic N) is 6. The summed E-state index contributed by atoms with van der Waals surface area (Å²) in [6.07, 6.45) is 0. The van der Waals surface area contributed by atoms with Crippen molar-refractivity contribution < 1.29 is 0 Å². The van der Waals surface area contributed by atoms with E-state index in [0.29, 0.717) is 29.8 Å². The largest absolute Gasteiger partial charge is 0.366 e. The maximum absolute atomic E-state index is 12.9. The van der Waals surface area contributed by atoms with E-state index in [2.05, 4.69) is 65.0 Å². The maximum Gasteiger partial charge on any atom is 0.270 e. The minimum Gasteiger partial charge on any atom is -0.366 e. The van der Waals surface area contributed by atoms with Crippen LogP contribution < -0.4 is 10.5 Å². The molecule has 0 unspecified atom stereocenters. The fourth-order valence-corrected chi connectivity index (χ4v) is 4.34. The third-order valence-corrected chi connectivity index (χ3v) is 5.99. The second-order valence-electron chi connectivity index (χ2n) is 8.13. The molecule has 1 aliphatic heterocycles. The molecule has 2 aromatic heterocycles. The molecule has 0 N–H and O–H groups in total. The average molecular weight is 412 g/mol. The van der Waals surface area contributed by atoms with Crippen LogP contribution in [0.4, 0.5) is 5.69 Å². The third-order valence-electron chi connectivity index (χ3n) is 5.99. The Morgan fingerprint density at radius 3 is 2.65 bits per heavy atom. The molecule has 0 bridgehead atoms. The van der Waals surface area contributed by atoms with E-state index in [1.807, 2.05) is 0 Å². The van der Waals surface area contributed by atoms with Crippen LogP contribution >= 0.6 is 0 Å². The zero-order chi connectivity index (χ0) is 22.1. The highest BCUT2D eigenvalue weighted by Crippen LogP contribution is 2.29. The first kappa shape index (κ1) is 20.6. The van der Waals surface area contributed by atoms with Crippen molar-refractivity contribution in [2.24, 2.45) is 7.05 Å². The number of rotatable bonds is 3. The van der Waals surface area contributed by atoms with Crippen molar-refractivity contribution in [3.63, 3.8) is 0 Å². The molecule has 1 aromatic carbocycles. The van der Waals surface area contributed by atoms with Crippen LogP contribution in [0, 0.1) is 29.6 Å². The molecule has 0 saturated carbocycles. The van der Waals surface area contributed by atoms with Gasteiger partial charge in [-0.25, -0.2) is 4.98 Å². The Kier molecular flexibility index (Phi) is 5.46. The number of aromatic nitrogens is 2. The van der Waals surface area contributed by atoms with Gasteiger partial charge < -0.3 is 9.47 Å². The van der Waals surface area contributed by atoms with Crippen molar-refractivity contribution in [3.8, 4) is 12.1 Å². The summed E-state index contributed by atoms with van der Waals surface area (Å²) >= 11 is 0. The Morgan fingerprint density at radius 1 is 1.16 bits per heavy atom.